The second-order valence-corrected chi connectivity index (χ2v) is 12.3. The minimum Gasteiger partial charge on any atom is -0.657 e. The fourth-order valence-electron chi connectivity index (χ4n) is 6.31. The van der Waals surface area contributed by atoms with Crippen LogP contribution in [0.25, 0.3) is 88.6 Å². The molecule has 0 fully saturated rings. The third-order valence-corrected chi connectivity index (χ3v) is 9.18. The van der Waals surface area contributed by atoms with Crippen LogP contribution < -0.4 is 9.97 Å². The molecule has 1 radical (unpaired) electrons. The second-order valence-electron chi connectivity index (χ2n) is 10.9. The average Bonchev–Trinajstić information content (AvgIpc) is 3.76. The van der Waals surface area contributed by atoms with Crippen LogP contribution in [0.5, 0.6) is 0 Å². The van der Waals surface area contributed by atoms with E-state index < -0.39 is 10.1 Å². The minimum absolute atomic E-state index is 0. The SMILES string of the molecule is O=S(=O)(O)c1ccc2c3cc4nc(cc5[n-]c(cc6nc(cc([n-]3)c2c1)-c1ccccc1-6)c1ccccc51)-c1ccccc1-4.[Cu+2]. The Morgan fingerprint density at radius 1 is 0.467 bits per heavy atom. The molecule has 45 heavy (non-hydrogen) atoms. The van der Waals surface area contributed by atoms with Crippen molar-refractivity contribution in [2.75, 3.05) is 0 Å². The molecule has 2 aliphatic heterocycles. The minimum atomic E-state index is -4.43. The van der Waals surface area contributed by atoms with Crippen molar-refractivity contribution in [1.29, 1.82) is 0 Å². The smallest absolute Gasteiger partial charge is 0.657 e. The summed E-state index contributed by atoms with van der Waals surface area (Å²) in [6, 6.07) is 36.6. The van der Waals surface area contributed by atoms with Gasteiger partial charge in [-0.3, -0.25) is 4.55 Å². The number of nitrogens with zero attached hydrogens (tertiary/aromatic N) is 4. The zero-order chi connectivity index (χ0) is 29.6. The Morgan fingerprint density at radius 2 is 0.822 bits per heavy atom. The Hall–Kier alpha value is -5.05. The first-order valence-corrected chi connectivity index (χ1v) is 15.5. The van der Waals surface area contributed by atoms with Gasteiger partial charge in [0.05, 0.1) is 27.7 Å². The molecule has 8 bridgehead atoms. The van der Waals surface area contributed by atoms with Crippen LogP contribution in [0.3, 0.4) is 0 Å². The first-order chi connectivity index (χ1) is 21.4. The maximum Gasteiger partial charge on any atom is 2.00 e. The van der Waals surface area contributed by atoms with Crippen molar-refractivity contribution >= 4 is 53.7 Å². The van der Waals surface area contributed by atoms with E-state index in [2.05, 4.69) is 12.1 Å². The van der Waals surface area contributed by atoms with Crippen LogP contribution in [0.15, 0.2) is 120 Å². The summed E-state index contributed by atoms with van der Waals surface area (Å²) in [5.74, 6) is 0. The zero-order valence-corrected chi connectivity index (χ0v) is 25.0. The predicted octanol–water partition coefficient (Wildman–Crippen LogP) is 7.79. The molecule has 0 spiro atoms. The van der Waals surface area contributed by atoms with Gasteiger partial charge in [-0.2, -0.15) is 8.42 Å². The van der Waals surface area contributed by atoms with E-state index in [-0.39, 0.29) is 22.0 Å². The molecule has 0 unspecified atom stereocenters. The van der Waals surface area contributed by atoms with Gasteiger partial charge in [-0.05, 0) is 57.9 Å². The Balaban J connectivity index is 0.00000300. The van der Waals surface area contributed by atoms with E-state index in [0.717, 1.165) is 66.5 Å². The molecule has 7 nitrogen and oxygen atoms in total. The van der Waals surface area contributed by atoms with Crippen molar-refractivity contribution < 1.29 is 30.0 Å². The quantitative estimate of drug-likeness (QED) is 0.143. The molecule has 2 aliphatic rings. The van der Waals surface area contributed by atoms with E-state index in [0.29, 0.717) is 22.1 Å². The average molecular weight is 652 g/mol. The monoisotopic (exact) mass is 651 g/mol. The number of hydrogen-bond acceptors (Lipinski definition) is 4. The molecule has 3 aromatic heterocycles. The first-order valence-electron chi connectivity index (χ1n) is 14.0. The molecular formula is C36H20CuN4O3S. The maximum absolute atomic E-state index is 12.1. The van der Waals surface area contributed by atoms with E-state index in [4.69, 9.17) is 19.9 Å². The standard InChI is InChI=1S/C36H20N4O3S.Cu/c41-44(42,43)20-13-14-27-28(15-20)36-19-34-26-12-6-5-11-25(26)32(39-34)17-30-22-8-2-1-7-21(22)29(37-30)16-31-23-9-3-4-10-24(23)33(38-31)18-35(27)40-36;/h1-19H,(H,41,42,43);/q-2;+2. The second kappa shape index (κ2) is 9.99. The Morgan fingerprint density at radius 3 is 1.22 bits per heavy atom. The fourth-order valence-corrected chi connectivity index (χ4v) is 6.81. The molecule has 9 heteroatoms. The molecule has 4 aromatic carbocycles. The van der Waals surface area contributed by atoms with Crippen molar-refractivity contribution in [3.05, 3.63) is 115 Å². The molecule has 0 atom stereocenters. The van der Waals surface area contributed by atoms with E-state index in [9.17, 15) is 13.0 Å². The van der Waals surface area contributed by atoms with Crippen LogP contribution in [-0.4, -0.2) is 22.9 Å². The van der Waals surface area contributed by atoms with Gasteiger partial charge < -0.3 is 9.97 Å². The fraction of sp³-hybridized carbons (Fsp3) is 0. The van der Waals surface area contributed by atoms with Crippen LogP contribution in [0.4, 0.5) is 0 Å². The van der Waals surface area contributed by atoms with Crippen LogP contribution in [-0.2, 0) is 27.2 Å². The van der Waals surface area contributed by atoms with Crippen molar-refractivity contribution in [2.24, 2.45) is 0 Å². The summed E-state index contributed by atoms with van der Waals surface area (Å²) in [4.78, 5) is 20.0. The van der Waals surface area contributed by atoms with Crippen molar-refractivity contribution in [1.82, 2.24) is 19.9 Å². The number of rotatable bonds is 1. The van der Waals surface area contributed by atoms with E-state index >= 15 is 0 Å². The summed E-state index contributed by atoms with van der Waals surface area (Å²) < 4.78 is 34.1. The molecule has 0 aliphatic carbocycles. The van der Waals surface area contributed by atoms with Crippen molar-refractivity contribution in [2.45, 2.75) is 4.90 Å². The molecule has 0 saturated carbocycles. The number of benzene rings is 4. The summed E-state index contributed by atoms with van der Waals surface area (Å²) >= 11 is 0. The van der Waals surface area contributed by atoms with Gasteiger partial charge in [0.1, 0.15) is 0 Å². The molecule has 7 aromatic rings. The predicted molar refractivity (Wildman–Crippen MR) is 173 cm³/mol. The molecule has 0 saturated heterocycles. The van der Waals surface area contributed by atoms with Crippen LogP contribution >= 0.6 is 0 Å². The number of aromatic nitrogens is 4. The van der Waals surface area contributed by atoms with Gasteiger partial charge in [-0.1, -0.05) is 78.9 Å². The van der Waals surface area contributed by atoms with Crippen molar-refractivity contribution in [3.8, 4) is 45.0 Å². The molecule has 1 N–H and O–H groups in total. The van der Waals surface area contributed by atoms with Crippen LogP contribution in [0.2, 0.25) is 0 Å². The van der Waals surface area contributed by atoms with Crippen LogP contribution in [0.1, 0.15) is 0 Å². The summed E-state index contributed by atoms with van der Waals surface area (Å²) in [7, 11) is -4.43. The topological polar surface area (TPSA) is 108 Å². The van der Waals surface area contributed by atoms with Gasteiger partial charge in [0.15, 0.2) is 0 Å². The van der Waals surface area contributed by atoms with Gasteiger partial charge in [-0.25, -0.2) is 9.97 Å². The van der Waals surface area contributed by atoms with E-state index in [1.807, 2.05) is 84.9 Å². The number of fused-ring (bicyclic) bond motifs is 20. The Bertz CT molecular complexity index is 2650. The summed E-state index contributed by atoms with van der Waals surface area (Å²) in [6.07, 6.45) is 0. The van der Waals surface area contributed by atoms with Gasteiger partial charge >= 0.3 is 17.1 Å². The number of hydrogen-bond donors (Lipinski definition) is 1. The molecule has 9 rings (SSSR count). The third kappa shape index (κ3) is 4.32. The summed E-state index contributed by atoms with van der Waals surface area (Å²) in [6.45, 7) is 0. The molecule has 5 heterocycles. The molecule has 219 valence electrons. The van der Waals surface area contributed by atoms with E-state index in [1.54, 1.807) is 6.07 Å². The largest absolute Gasteiger partial charge is 2.00 e. The van der Waals surface area contributed by atoms with Gasteiger partial charge in [0.2, 0.25) is 0 Å². The van der Waals surface area contributed by atoms with Gasteiger partial charge in [0.25, 0.3) is 10.1 Å². The van der Waals surface area contributed by atoms with Gasteiger partial charge in [0, 0.05) is 22.3 Å². The maximum atomic E-state index is 12.1. The van der Waals surface area contributed by atoms with E-state index in [1.165, 1.54) is 12.1 Å². The first kappa shape index (κ1) is 27.5. The van der Waals surface area contributed by atoms with Gasteiger partial charge in [-0.15, -0.1) is 22.1 Å². The zero-order valence-electron chi connectivity index (χ0n) is 23.2. The van der Waals surface area contributed by atoms with Crippen LogP contribution in [0, 0.1) is 0 Å². The Kier molecular flexibility index (Phi) is 6.10. The molecule has 0 amide bonds. The van der Waals surface area contributed by atoms with Crippen molar-refractivity contribution in [3.63, 3.8) is 0 Å². The summed E-state index contributed by atoms with van der Waals surface area (Å²) in [5, 5.41) is 3.38. The Labute approximate surface area is 267 Å². The third-order valence-electron chi connectivity index (χ3n) is 8.34. The molecular weight excluding hydrogens is 632 g/mol. The summed E-state index contributed by atoms with van der Waals surface area (Å²) in [5.41, 5.74) is 9.69. The normalized spacial score (nSPS) is 12.1.